The van der Waals surface area contributed by atoms with Crippen LogP contribution in [0.1, 0.15) is 59.5 Å². The Labute approximate surface area is 184 Å². The van der Waals surface area contributed by atoms with Crippen LogP contribution in [0.15, 0.2) is 24.3 Å². The first-order valence-electron chi connectivity index (χ1n) is 10.5. The van der Waals surface area contributed by atoms with Gasteiger partial charge in [-0.15, -0.1) is 24.5 Å². The van der Waals surface area contributed by atoms with E-state index in [0.29, 0.717) is 18.2 Å². The molecule has 1 aliphatic carbocycles. The summed E-state index contributed by atoms with van der Waals surface area (Å²) in [6, 6.07) is 5.92. The largest absolute Gasteiger partial charge is 0.573 e. The van der Waals surface area contributed by atoms with E-state index in [9.17, 15) is 18.0 Å². The third-order valence-corrected chi connectivity index (χ3v) is 6.59. The minimum Gasteiger partial charge on any atom is -0.406 e. The number of ether oxygens (including phenoxy) is 1. The highest BCUT2D eigenvalue weighted by Gasteiger charge is 2.31. The van der Waals surface area contributed by atoms with Crippen molar-refractivity contribution >= 4 is 22.4 Å². The fourth-order valence-electron chi connectivity index (χ4n) is 3.92. The number of hydrogen-bond donors (Lipinski definition) is 1. The van der Waals surface area contributed by atoms with E-state index in [0.717, 1.165) is 28.5 Å². The van der Waals surface area contributed by atoms with Gasteiger partial charge < -0.3 is 15.0 Å². The van der Waals surface area contributed by atoms with Crippen LogP contribution >= 0.6 is 11.3 Å². The fourth-order valence-corrected chi connectivity index (χ4v) is 4.85. The van der Waals surface area contributed by atoms with Crippen LogP contribution in [0.25, 0.3) is 0 Å². The Morgan fingerprint density at radius 1 is 1.23 bits per heavy atom. The summed E-state index contributed by atoms with van der Waals surface area (Å²) < 4.78 is 41.2. The smallest absolute Gasteiger partial charge is 0.406 e. The van der Waals surface area contributed by atoms with E-state index < -0.39 is 6.36 Å². The Morgan fingerprint density at radius 3 is 2.52 bits per heavy atom. The maximum atomic E-state index is 12.4. The lowest BCUT2D eigenvalue weighted by Crippen LogP contribution is -2.26. The molecule has 1 saturated carbocycles. The maximum Gasteiger partial charge on any atom is 0.573 e. The zero-order chi connectivity index (χ0) is 22.4. The van der Waals surface area contributed by atoms with Gasteiger partial charge in [-0.05, 0) is 37.0 Å². The minimum atomic E-state index is -4.71. The molecule has 1 aromatic carbocycles. The van der Waals surface area contributed by atoms with E-state index in [1.165, 1.54) is 55.6 Å². The average Bonchev–Trinajstić information content (AvgIpc) is 3.13. The average molecular weight is 456 g/mol. The Balaban J connectivity index is 1.76. The van der Waals surface area contributed by atoms with Gasteiger partial charge in [0.1, 0.15) is 11.4 Å². The number of alkyl halides is 3. The van der Waals surface area contributed by atoms with Crippen LogP contribution in [0.2, 0.25) is 0 Å². The number of aryl methyl sites for hydroxylation is 1. The molecule has 0 unspecified atom stereocenters. The van der Waals surface area contributed by atoms with Gasteiger partial charge in [-0.3, -0.25) is 4.79 Å². The molecule has 1 aliphatic rings. The second-order valence-corrected chi connectivity index (χ2v) is 9.07. The van der Waals surface area contributed by atoms with E-state index in [-0.39, 0.29) is 11.7 Å². The van der Waals surface area contributed by atoms with Crippen molar-refractivity contribution in [3.63, 3.8) is 0 Å². The van der Waals surface area contributed by atoms with Crippen LogP contribution in [0.5, 0.6) is 5.75 Å². The van der Waals surface area contributed by atoms with Gasteiger partial charge in [-0.1, -0.05) is 44.2 Å². The summed E-state index contributed by atoms with van der Waals surface area (Å²) >= 11 is 1.46. The quantitative estimate of drug-likeness (QED) is 0.556. The highest BCUT2D eigenvalue weighted by Crippen LogP contribution is 2.31. The van der Waals surface area contributed by atoms with E-state index in [4.69, 9.17) is 0 Å². The number of halogens is 3. The normalized spacial score (nSPS) is 15.0. The van der Waals surface area contributed by atoms with Crippen molar-refractivity contribution in [2.45, 2.75) is 58.4 Å². The molecule has 0 saturated heterocycles. The summed E-state index contributed by atoms with van der Waals surface area (Å²) in [5, 5.41) is 3.37. The van der Waals surface area contributed by atoms with E-state index >= 15 is 0 Å². The number of rotatable bonds is 8. The molecule has 170 valence electrons. The second kappa shape index (κ2) is 10.3. The third-order valence-electron chi connectivity index (χ3n) is 5.56. The molecule has 1 amide bonds. The molecule has 0 bridgehead atoms. The van der Waals surface area contributed by atoms with Gasteiger partial charge in [0.15, 0.2) is 5.13 Å². The van der Waals surface area contributed by atoms with Crippen molar-refractivity contribution in [3.05, 3.63) is 40.4 Å². The molecule has 2 aromatic rings. The molecule has 0 radical (unpaired) electrons. The monoisotopic (exact) mass is 455 g/mol. The number of anilines is 1. The lowest BCUT2D eigenvalue weighted by Gasteiger charge is -2.27. The Morgan fingerprint density at radius 2 is 1.90 bits per heavy atom. The number of benzene rings is 1. The first-order valence-corrected chi connectivity index (χ1v) is 11.4. The van der Waals surface area contributed by atoms with Crippen LogP contribution in [-0.4, -0.2) is 30.8 Å². The Bertz CT molecular complexity index is 862. The minimum absolute atomic E-state index is 0.221. The number of aromatic nitrogens is 1. The van der Waals surface area contributed by atoms with Crippen LogP contribution in [0.3, 0.4) is 0 Å². The number of hydrogen-bond acceptors (Lipinski definition) is 5. The molecule has 5 nitrogen and oxygen atoms in total. The maximum absolute atomic E-state index is 12.4. The highest BCUT2D eigenvalue weighted by molar-refractivity contribution is 7.15. The summed E-state index contributed by atoms with van der Waals surface area (Å²) in [5.41, 5.74) is 1.27. The number of nitrogens with one attached hydrogen (secondary N) is 1. The molecule has 31 heavy (non-hydrogen) atoms. The summed E-state index contributed by atoms with van der Waals surface area (Å²) in [6.07, 6.45) is 2.62. The molecule has 1 heterocycles. The first kappa shape index (κ1) is 23.4. The highest BCUT2D eigenvalue weighted by atomic mass is 32.1. The molecule has 3 rings (SSSR count). The molecule has 9 heteroatoms. The van der Waals surface area contributed by atoms with Crippen molar-refractivity contribution < 1.29 is 22.7 Å². The lowest BCUT2D eigenvalue weighted by molar-refractivity contribution is -0.274. The van der Waals surface area contributed by atoms with Crippen LogP contribution in [0.4, 0.5) is 18.3 Å². The molecule has 1 aromatic heterocycles. The van der Waals surface area contributed by atoms with Gasteiger partial charge in [0.2, 0.25) is 0 Å². The summed E-state index contributed by atoms with van der Waals surface area (Å²) in [6.45, 7) is 3.15. The molecular weight excluding hydrogens is 427 g/mol. The van der Waals surface area contributed by atoms with Crippen LogP contribution in [-0.2, 0) is 6.54 Å². The molecule has 1 fully saturated rings. The van der Waals surface area contributed by atoms with E-state index in [1.807, 2.05) is 6.92 Å². The van der Waals surface area contributed by atoms with Crippen molar-refractivity contribution in [3.8, 4) is 5.75 Å². The number of amides is 1. The summed E-state index contributed by atoms with van der Waals surface area (Å²) in [4.78, 5) is 19.6. The van der Waals surface area contributed by atoms with Gasteiger partial charge in [0, 0.05) is 25.0 Å². The van der Waals surface area contributed by atoms with Gasteiger partial charge in [-0.2, -0.15) is 0 Å². The predicted octanol–water partition coefficient (Wildman–Crippen LogP) is 5.69. The molecule has 0 spiro atoms. The number of carbonyl (C=O) groups excluding carboxylic acids is 1. The molecule has 0 aliphatic heterocycles. The first-order chi connectivity index (χ1) is 14.7. The fraction of sp³-hybridized carbons (Fsp3) is 0.545. The Kier molecular flexibility index (Phi) is 7.80. The Hall–Kier alpha value is -2.29. The third kappa shape index (κ3) is 6.85. The van der Waals surface area contributed by atoms with Gasteiger partial charge >= 0.3 is 6.36 Å². The number of nitrogens with zero attached hydrogens (tertiary/aromatic N) is 2. The summed E-state index contributed by atoms with van der Waals surface area (Å²) in [7, 11) is 1.58. The van der Waals surface area contributed by atoms with Crippen LogP contribution in [0, 0.1) is 12.8 Å². The van der Waals surface area contributed by atoms with Crippen LogP contribution < -0.4 is 15.0 Å². The van der Waals surface area contributed by atoms with Gasteiger partial charge in [0.05, 0.1) is 0 Å². The zero-order valence-electron chi connectivity index (χ0n) is 17.8. The van der Waals surface area contributed by atoms with Crippen molar-refractivity contribution in [1.82, 2.24) is 10.3 Å². The predicted molar refractivity (Wildman–Crippen MR) is 116 cm³/mol. The molecular formula is C22H28F3N3O2S. The number of carbonyl (C=O) groups is 1. The summed E-state index contributed by atoms with van der Waals surface area (Å²) in [5.74, 6) is 0.219. The zero-order valence-corrected chi connectivity index (χ0v) is 18.6. The number of thiazole rings is 1. The standard InChI is InChI=1S/C22H28F3N3O2S/c1-15-19(20(29)26-2)27-21(31-15)28(13-12-16-6-4-3-5-7-16)14-17-8-10-18(11-9-17)30-22(23,24)25/h8-11,16H,3-7,12-14H2,1-2H3,(H,26,29). The topological polar surface area (TPSA) is 54.5 Å². The lowest BCUT2D eigenvalue weighted by atomic mass is 9.87. The van der Waals surface area contributed by atoms with E-state index in [1.54, 1.807) is 19.2 Å². The van der Waals surface area contributed by atoms with Crippen molar-refractivity contribution in [1.29, 1.82) is 0 Å². The van der Waals surface area contributed by atoms with Gasteiger partial charge in [0.25, 0.3) is 5.91 Å². The SMILES string of the molecule is CNC(=O)c1nc(N(CCC2CCCCC2)Cc2ccc(OC(F)(F)F)cc2)sc1C. The molecule has 0 atom stereocenters. The van der Waals surface area contributed by atoms with E-state index in [2.05, 4.69) is 19.9 Å². The van der Waals surface area contributed by atoms with Crippen molar-refractivity contribution in [2.75, 3.05) is 18.5 Å². The van der Waals surface area contributed by atoms with Crippen molar-refractivity contribution in [2.24, 2.45) is 5.92 Å². The molecule has 1 N–H and O–H groups in total. The second-order valence-electron chi connectivity index (χ2n) is 7.89. The van der Waals surface area contributed by atoms with Gasteiger partial charge in [-0.25, -0.2) is 4.98 Å².